The Morgan fingerprint density at radius 3 is 2.49 bits per heavy atom. The fraction of sp³-hybridized carbons (Fsp3) is 0.682. The van der Waals surface area contributed by atoms with E-state index in [-0.39, 0.29) is 29.2 Å². The molecule has 25 heteroatoms. The number of hydrogen-bond donors (Lipinski definition) is 8. The number of rotatable bonds is 4. The van der Waals surface area contributed by atoms with Crippen LogP contribution in [0.15, 0.2) is 17.6 Å². The van der Waals surface area contributed by atoms with Crippen LogP contribution < -0.4 is 22.1 Å². The Balaban J connectivity index is 1.18. The first-order chi connectivity index (χ1) is 22.4. The molecule has 258 valence electrons. The van der Waals surface area contributed by atoms with E-state index < -0.39 is 102 Å². The van der Waals surface area contributed by atoms with Crippen molar-refractivity contribution in [2.45, 2.75) is 67.9 Å². The highest BCUT2D eigenvalue weighted by Crippen LogP contribution is 2.54. The smallest absolute Gasteiger partial charge is 0.386 e. The van der Waals surface area contributed by atoms with Gasteiger partial charge in [-0.05, 0) is 12.2 Å². The Labute approximate surface area is 270 Å². The molecule has 0 radical (unpaired) electrons. The summed E-state index contributed by atoms with van der Waals surface area (Å²) in [4.78, 5) is 52.1. The molecule has 5 aliphatic heterocycles. The van der Waals surface area contributed by atoms with Crippen molar-refractivity contribution >= 4 is 57.5 Å². The largest absolute Gasteiger partial charge is 0.472 e. The van der Waals surface area contributed by atoms with Gasteiger partial charge in [0.15, 0.2) is 30.0 Å². The van der Waals surface area contributed by atoms with Crippen LogP contribution in [0.2, 0.25) is 0 Å². The summed E-state index contributed by atoms with van der Waals surface area (Å²) in [5.41, 5.74) is 12.2. The summed E-state index contributed by atoms with van der Waals surface area (Å²) in [7, 11) is -9.94. The molecular weight excluding hydrogens is 690 g/mol. The number of amides is 1. The number of hydrogen-bond acceptors (Lipinski definition) is 19. The average Bonchev–Trinajstić information content (AvgIpc) is 3.76. The maximum absolute atomic E-state index is 13.5. The molecule has 9 N–H and O–H groups in total. The predicted octanol–water partition coefficient (Wildman–Crippen LogP) is -2.65. The van der Waals surface area contributed by atoms with Gasteiger partial charge in [0.2, 0.25) is 0 Å². The van der Waals surface area contributed by atoms with Gasteiger partial charge in [0.25, 0.3) is 5.91 Å². The van der Waals surface area contributed by atoms with Gasteiger partial charge in [0.1, 0.15) is 48.7 Å². The minimum absolute atomic E-state index is 0.0579. The highest BCUT2D eigenvalue weighted by Gasteiger charge is 2.56. The predicted molar refractivity (Wildman–Crippen MR) is 159 cm³/mol. The number of imidazole rings is 1. The Morgan fingerprint density at radius 2 is 1.74 bits per heavy atom. The third-order valence-electron chi connectivity index (χ3n) is 8.43. The molecule has 22 nitrogen and oxygen atoms in total. The van der Waals surface area contributed by atoms with Gasteiger partial charge in [-0.3, -0.25) is 43.5 Å². The Hall–Kier alpha value is -2.34. The van der Waals surface area contributed by atoms with E-state index >= 15 is 0 Å². The van der Waals surface area contributed by atoms with Crippen molar-refractivity contribution in [1.29, 1.82) is 0 Å². The van der Waals surface area contributed by atoms with Gasteiger partial charge in [-0.15, -0.1) is 0 Å². The maximum Gasteiger partial charge on any atom is 0.472 e. The van der Waals surface area contributed by atoms with Gasteiger partial charge in [0.05, 0.1) is 32.0 Å². The molecule has 0 aliphatic carbocycles. The van der Waals surface area contributed by atoms with Crippen LogP contribution in [0.3, 0.4) is 0 Å². The Kier molecular flexibility index (Phi) is 8.84. The first kappa shape index (κ1) is 33.2. The van der Waals surface area contributed by atoms with Crippen LogP contribution in [0.4, 0.5) is 5.82 Å². The summed E-state index contributed by atoms with van der Waals surface area (Å²) >= 11 is 4.31. The van der Waals surface area contributed by atoms with Crippen molar-refractivity contribution < 1.29 is 56.4 Å². The Bertz CT molecular complexity index is 1660. The van der Waals surface area contributed by atoms with E-state index in [0.29, 0.717) is 0 Å². The molecule has 2 bridgehead atoms. The number of aliphatic imine (C=N–C) groups is 1. The van der Waals surface area contributed by atoms with E-state index in [1.54, 1.807) is 0 Å². The second-order valence-electron chi connectivity index (χ2n) is 11.3. The lowest BCUT2D eigenvalue weighted by molar-refractivity contribution is -0.130. The van der Waals surface area contributed by atoms with Crippen molar-refractivity contribution in [3.8, 4) is 0 Å². The van der Waals surface area contributed by atoms with Crippen LogP contribution in [0.5, 0.6) is 0 Å². The molecule has 0 saturated carbocycles. The van der Waals surface area contributed by atoms with E-state index in [0.717, 1.165) is 0 Å². The number of anilines is 1. The van der Waals surface area contributed by atoms with Crippen molar-refractivity contribution in [3.05, 3.63) is 12.7 Å². The monoisotopic (exact) mass is 722 g/mol. The summed E-state index contributed by atoms with van der Waals surface area (Å²) in [6, 6.07) is -0.919. The molecular formula is C22H32N10O12P2S. The zero-order chi connectivity index (χ0) is 33.2. The highest BCUT2D eigenvalue weighted by molar-refractivity contribution is 7.80. The number of ether oxygens (including phenoxy) is 2. The summed E-state index contributed by atoms with van der Waals surface area (Å²) in [6.45, 7) is -1.30. The van der Waals surface area contributed by atoms with Crippen LogP contribution in [-0.2, 0) is 41.5 Å². The minimum Gasteiger partial charge on any atom is -0.386 e. The zero-order valence-corrected chi connectivity index (χ0v) is 26.8. The van der Waals surface area contributed by atoms with Gasteiger partial charge in [0, 0.05) is 5.92 Å². The normalized spacial score (nSPS) is 44.0. The van der Waals surface area contributed by atoms with Gasteiger partial charge in [-0.25, -0.2) is 24.1 Å². The summed E-state index contributed by atoms with van der Waals surface area (Å²) in [5, 5.41) is 16.7. The maximum atomic E-state index is 13.5. The third kappa shape index (κ3) is 6.19. The van der Waals surface area contributed by atoms with Crippen LogP contribution in [0.1, 0.15) is 12.6 Å². The number of aliphatic hydroxyl groups is 1. The van der Waals surface area contributed by atoms with Crippen molar-refractivity contribution in [3.63, 3.8) is 0 Å². The minimum atomic E-state index is -4.97. The number of nitrogens with two attached hydrogens (primary N) is 2. The summed E-state index contributed by atoms with van der Waals surface area (Å²) in [5.74, 6) is -0.874. The SMILES string of the molecule is Nc1ncnc2c1ncn2[C@@H]1O[C@@H]2COP(=O)(O)O[C@@H]3C(CCS)[C@@H](COP(=O)(O)O[C@H]2[C@H]1O)O[C@H]3N1C=NC2C(=O)NC(N)NC21. The number of carbonyl (C=O) groups excluding carboxylic acids is 1. The lowest BCUT2D eigenvalue weighted by Crippen LogP contribution is -2.70. The summed E-state index contributed by atoms with van der Waals surface area (Å²) < 4.78 is 62.1. The molecule has 4 saturated heterocycles. The number of fused-ring (bicyclic) bond motifs is 5. The van der Waals surface area contributed by atoms with Gasteiger partial charge in [-0.2, -0.15) is 12.6 Å². The third-order valence-corrected chi connectivity index (χ3v) is 10.7. The number of phosphoric ester groups is 2. The fourth-order valence-corrected chi connectivity index (χ4v) is 8.55. The van der Waals surface area contributed by atoms with Crippen molar-refractivity contribution in [1.82, 2.24) is 35.1 Å². The fourth-order valence-electron chi connectivity index (χ4n) is 6.33. The van der Waals surface area contributed by atoms with E-state index in [1.807, 2.05) is 0 Å². The number of phosphoric acid groups is 2. The second-order valence-corrected chi connectivity index (χ2v) is 14.6. The molecule has 2 aromatic rings. The quantitative estimate of drug-likeness (QED) is 0.118. The molecule has 7 rings (SSSR count). The number of aromatic nitrogens is 4. The van der Waals surface area contributed by atoms with Crippen LogP contribution in [0.25, 0.3) is 11.2 Å². The molecule has 47 heavy (non-hydrogen) atoms. The lowest BCUT2D eigenvalue weighted by atomic mass is 9.95. The Morgan fingerprint density at radius 1 is 1.04 bits per heavy atom. The molecule has 1 amide bonds. The number of nitrogens with zero attached hydrogens (tertiary/aromatic N) is 6. The number of aliphatic hydroxyl groups excluding tert-OH is 1. The van der Waals surface area contributed by atoms with Crippen molar-refractivity contribution in [2.75, 3.05) is 24.7 Å². The number of carbonyl (C=O) groups is 1. The summed E-state index contributed by atoms with van der Waals surface area (Å²) in [6.07, 6.45) is -7.17. The number of thiol groups is 1. The van der Waals surface area contributed by atoms with Crippen LogP contribution in [0, 0.1) is 5.92 Å². The second kappa shape index (κ2) is 12.5. The molecule has 2 aromatic heterocycles. The van der Waals surface area contributed by atoms with E-state index in [2.05, 4.69) is 43.2 Å². The molecule has 6 unspecified atom stereocenters. The van der Waals surface area contributed by atoms with E-state index in [1.165, 1.54) is 28.5 Å². The zero-order valence-electron chi connectivity index (χ0n) is 24.1. The lowest BCUT2D eigenvalue weighted by Gasteiger charge is -2.39. The van der Waals surface area contributed by atoms with Crippen LogP contribution >= 0.6 is 28.3 Å². The van der Waals surface area contributed by atoms with E-state index in [9.17, 15) is 28.8 Å². The average molecular weight is 723 g/mol. The van der Waals surface area contributed by atoms with Gasteiger partial charge in [-0.1, -0.05) is 0 Å². The first-order valence-corrected chi connectivity index (χ1v) is 18.0. The first-order valence-electron chi connectivity index (χ1n) is 14.3. The van der Waals surface area contributed by atoms with Gasteiger partial charge >= 0.3 is 15.6 Å². The van der Waals surface area contributed by atoms with Gasteiger partial charge < -0.3 is 40.3 Å². The molecule has 5 aliphatic rings. The molecule has 0 spiro atoms. The van der Waals surface area contributed by atoms with E-state index in [4.69, 9.17) is 39.0 Å². The molecule has 7 heterocycles. The standard InChI is InChI=1S/C22H32N10O12P2S/c23-16-11-17(26-5-25-16)31(6-27-11)20-13(33)15-10(42-20)4-40-45(35,36)43-14-8(1-2-47)9(3-39-46(37,38)44-15)41-21(14)32-7-28-12-18(32)29-22(24)30-19(12)34/h5-10,12-15,18,20-22,29,33,47H,1-4,24H2,(H,30,34)(H,35,36)(H,37,38)(H2,23,25,26)/t8?,9-,10-,12?,13-,14-,15-,18?,20-,21-,22?/m1/s1. The number of nitrogens with one attached hydrogen (secondary N) is 2. The molecule has 4 fully saturated rings. The molecule has 0 aromatic carbocycles. The van der Waals surface area contributed by atoms with Crippen molar-refractivity contribution in [2.24, 2.45) is 16.6 Å². The molecule has 13 atom stereocenters. The topological polar surface area (TPSA) is 303 Å². The highest BCUT2D eigenvalue weighted by atomic mass is 32.1. The number of nitrogen functional groups attached to an aromatic ring is 1. The van der Waals surface area contributed by atoms with Crippen LogP contribution in [-0.4, -0.2) is 126 Å².